The Morgan fingerprint density at radius 2 is 2.00 bits per heavy atom. The fourth-order valence-corrected chi connectivity index (χ4v) is 2.19. The topological polar surface area (TPSA) is 55.2 Å². The number of hydrogen-bond donors (Lipinski definition) is 0. The Hall–Kier alpha value is -2.43. The van der Waals surface area contributed by atoms with Crippen molar-refractivity contribution in [3.63, 3.8) is 0 Å². The Kier molecular flexibility index (Phi) is 5.47. The summed E-state index contributed by atoms with van der Waals surface area (Å²) in [4.78, 5) is 30.3. The molecule has 1 heterocycles. The molecule has 1 amide bonds. The molecule has 0 unspecified atom stereocenters. The lowest BCUT2D eigenvalue weighted by molar-refractivity contribution is -0.119. The Balaban J connectivity index is 2.20. The van der Waals surface area contributed by atoms with Crippen molar-refractivity contribution >= 4 is 11.6 Å². The van der Waals surface area contributed by atoms with Gasteiger partial charge in [-0.3, -0.25) is 14.2 Å². The van der Waals surface area contributed by atoms with Gasteiger partial charge in [0.05, 0.1) is 6.33 Å². The average Bonchev–Trinajstić information content (AvgIpc) is 2.51. The fourth-order valence-electron chi connectivity index (χ4n) is 2.19. The van der Waals surface area contributed by atoms with Crippen molar-refractivity contribution in [2.24, 2.45) is 0 Å². The summed E-state index contributed by atoms with van der Waals surface area (Å²) in [6.45, 7) is 4.49. The number of nitrogens with zero attached hydrogens (tertiary/aromatic N) is 3. The van der Waals surface area contributed by atoms with Crippen molar-refractivity contribution in [3.8, 4) is 0 Å². The van der Waals surface area contributed by atoms with Gasteiger partial charge in [0.25, 0.3) is 5.56 Å². The van der Waals surface area contributed by atoms with Gasteiger partial charge in [-0.1, -0.05) is 31.5 Å². The number of rotatable bonds is 6. The SMILES string of the molecule is CCCCN(C(=O)Cn1cnc(C)cc1=O)c1ccccc1. The Morgan fingerprint density at radius 1 is 1.27 bits per heavy atom. The first kappa shape index (κ1) is 15.9. The molecule has 1 aromatic carbocycles. The van der Waals surface area contributed by atoms with E-state index in [9.17, 15) is 9.59 Å². The van der Waals surface area contributed by atoms with E-state index in [0.29, 0.717) is 12.2 Å². The lowest BCUT2D eigenvalue weighted by Gasteiger charge is -2.23. The molecule has 0 aliphatic heterocycles. The van der Waals surface area contributed by atoms with Crippen molar-refractivity contribution in [2.45, 2.75) is 33.2 Å². The number of hydrogen-bond acceptors (Lipinski definition) is 3. The van der Waals surface area contributed by atoms with Gasteiger partial charge >= 0.3 is 0 Å². The van der Waals surface area contributed by atoms with Gasteiger partial charge in [0.2, 0.25) is 5.91 Å². The number of carbonyl (C=O) groups is 1. The lowest BCUT2D eigenvalue weighted by atomic mass is 10.2. The molecule has 0 saturated carbocycles. The lowest BCUT2D eigenvalue weighted by Crippen LogP contribution is -2.37. The highest BCUT2D eigenvalue weighted by Crippen LogP contribution is 2.14. The highest BCUT2D eigenvalue weighted by molar-refractivity contribution is 5.93. The smallest absolute Gasteiger partial charge is 0.253 e. The molecule has 0 radical (unpaired) electrons. The van der Waals surface area contributed by atoms with Crippen molar-refractivity contribution in [3.05, 3.63) is 58.8 Å². The van der Waals surface area contributed by atoms with Gasteiger partial charge in [-0.15, -0.1) is 0 Å². The van der Waals surface area contributed by atoms with E-state index in [1.807, 2.05) is 30.3 Å². The molecule has 116 valence electrons. The van der Waals surface area contributed by atoms with Crippen LogP contribution in [0.3, 0.4) is 0 Å². The number of amides is 1. The van der Waals surface area contributed by atoms with Crippen LogP contribution >= 0.6 is 0 Å². The maximum atomic E-state index is 12.6. The molecular formula is C17H21N3O2. The molecule has 5 nitrogen and oxygen atoms in total. The summed E-state index contributed by atoms with van der Waals surface area (Å²) in [6, 6.07) is 11.0. The summed E-state index contributed by atoms with van der Waals surface area (Å²) in [7, 11) is 0. The van der Waals surface area contributed by atoms with Gasteiger partial charge in [0, 0.05) is 24.0 Å². The summed E-state index contributed by atoms with van der Waals surface area (Å²) in [5.74, 6) is -0.104. The number of carbonyl (C=O) groups excluding carboxylic acids is 1. The first-order chi connectivity index (χ1) is 10.6. The number of benzene rings is 1. The third-order valence-electron chi connectivity index (χ3n) is 3.43. The molecule has 2 aromatic rings. The zero-order valence-electron chi connectivity index (χ0n) is 13.0. The minimum atomic E-state index is -0.204. The van der Waals surface area contributed by atoms with Crippen LogP contribution in [0.1, 0.15) is 25.5 Å². The summed E-state index contributed by atoms with van der Waals surface area (Å²) >= 11 is 0. The summed E-state index contributed by atoms with van der Waals surface area (Å²) in [6.07, 6.45) is 3.35. The molecule has 0 saturated heterocycles. The Bertz CT molecular complexity index is 680. The Labute approximate surface area is 130 Å². The van der Waals surface area contributed by atoms with Gasteiger partial charge in [0.1, 0.15) is 6.54 Å². The van der Waals surface area contributed by atoms with E-state index in [0.717, 1.165) is 18.5 Å². The van der Waals surface area contributed by atoms with Crippen LogP contribution in [-0.2, 0) is 11.3 Å². The number of anilines is 1. The van der Waals surface area contributed by atoms with Crippen molar-refractivity contribution in [2.75, 3.05) is 11.4 Å². The van der Waals surface area contributed by atoms with Crippen LogP contribution in [0.2, 0.25) is 0 Å². The Morgan fingerprint density at radius 3 is 2.64 bits per heavy atom. The maximum absolute atomic E-state index is 12.6. The molecule has 0 fully saturated rings. The van der Waals surface area contributed by atoms with Crippen LogP contribution in [0, 0.1) is 6.92 Å². The third kappa shape index (κ3) is 4.04. The first-order valence-corrected chi connectivity index (χ1v) is 7.50. The van der Waals surface area contributed by atoms with E-state index >= 15 is 0 Å². The van der Waals surface area contributed by atoms with E-state index in [2.05, 4.69) is 11.9 Å². The van der Waals surface area contributed by atoms with Crippen LogP contribution in [0.15, 0.2) is 47.5 Å². The van der Waals surface area contributed by atoms with E-state index in [1.165, 1.54) is 17.0 Å². The zero-order chi connectivity index (χ0) is 15.9. The van der Waals surface area contributed by atoms with E-state index < -0.39 is 0 Å². The van der Waals surface area contributed by atoms with E-state index in [1.54, 1.807) is 11.8 Å². The number of aryl methyl sites for hydroxylation is 1. The highest BCUT2D eigenvalue weighted by atomic mass is 16.2. The molecule has 0 bridgehead atoms. The van der Waals surface area contributed by atoms with Gasteiger partial charge < -0.3 is 4.90 Å². The molecular weight excluding hydrogens is 278 g/mol. The number of aromatic nitrogens is 2. The predicted molar refractivity (Wildman–Crippen MR) is 86.9 cm³/mol. The minimum absolute atomic E-state index is 0.00468. The average molecular weight is 299 g/mol. The van der Waals surface area contributed by atoms with Gasteiger partial charge in [0.15, 0.2) is 0 Å². The molecule has 0 N–H and O–H groups in total. The van der Waals surface area contributed by atoms with E-state index in [4.69, 9.17) is 0 Å². The molecule has 0 aliphatic carbocycles. The van der Waals surface area contributed by atoms with E-state index in [-0.39, 0.29) is 18.0 Å². The predicted octanol–water partition coefficient (Wildman–Crippen LogP) is 2.39. The van der Waals surface area contributed by atoms with Crippen LogP contribution < -0.4 is 10.5 Å². The zero-order valence-corrected chi connectivity index (χ0v) is 13.0. The van der Waals surface area contributed by atoms with Crippen LogP contribution in [0.25, 0.3) is 0 Å². The summed E-state index contributed by atoms with van der Waals surface area (Å²) in [5, 5.41) is 0. The van der Waals surface area contributed by atoms with Gasteiger partial charge in [-0.25, -0.2) is 4.98 Å². The maximum Gasteiger partial charge on any atom is 0.253 e. The molecule has 0 spiro atoms. The number of para-hydroxylation sites is 1. The largest absolute Gasteiger partial charge is 0.311 e. The standard InChI is InChI=1S/C17H21N3O2/c1-3-4-10-20(15-8-6-5-7-9-15)17(22)12-19-13-18-14(2)11-16(19)21/h5-9,11,13H,3-4,10,12H2,1-2H3. The van der Waals surface area contributed by atoms with Crippen LogP contribution in [-0.4, -0.2) is 22.0 Å². The fraction of sp³-hybridized carbons (Fsp3) is 0.353. The van der Waals surface area contributed by atoms with Crippen molar-refractivity contribution in [1.82, 2.24) is 9.55 Å². The third-order valence-corrected chi connectivity index (χ3v) is 3.43. The monoisotopic (exact) mass is 299 g/mol. The van der Waals surface area contributed by atoms with Gasteiger partial charge in [-0.05, 0) is 25.5 Å². The summed E-state index contributed by atoms with van der Waals surface area (Å²) in [5.41, 5.74) is 1.30. The molecule has 5 heteroatoms. The highest BCUT2D eigenvalue weighted by Gasteiger charge is 2.16. The normalized spacial score (nSPS) is 10.5. The summed E-state index contributed by atoms with van der Waals surface area (Å²) < 4.78 is 1.34. The number of unbranched alkanes of at least 4 members (excludes halogenated alkanes) is 1. The molecule has 0 atom stereocenters. The second-order valence-electron chi connectivity index (χ2n) is 5.23. The van der Waals surface area contributed by atoms with Gasteiger partial charge in [-0.2, -0.15) is 0 Å². The van der Waals surface area contributed by atoms with Crippen LogP contribution in [0.4, 0.5) is 5.69 Å². The molecule has 1 aromatic heterocycles. The first-order valence-electron chi connectivity index (χ1n) is 7.50. The second-order valence-corrected chi connectivity index (χ2v) is 5.23. The molecule has 0 aliphatic rings. The van der Waals surface area contributed by atoms with Crippen LogP contribution in [0.5, 0.6) is 0 Å². The van der Waals surface area contributed by atoms with Crippen molar-refractivity contribution in [1.29, 1.82) is 0 Å². The quantitative estimate of drug-likeness (QED) is 0.823. The molecule has 22 heavy (non-hydrogen) atoms. The molecule has 2 rings (SSSR count). The second kappa shape index (κ2) is 7.54. The van der Waals surface area contributed by atoms with Crippen molar-refractivity contribution < 1.29 is 4.79 Å². The minimum Gasteiger partial charge on any atom is -0.311 e.